The molecule has 0 aliphatic carbocycles. The van der Waals surface area contributed by atoms with Gasteiger partial charge in [0.05, 0.1) is 25.4 Å². The summed E-state index contributed by atoms with van der Waals surface area (Å²) in [5, 5.41) is 23.2. The molecule has 0 aromatic carbocycles. The Balaban J connectivity index is 3.38. The van der Waals surface area contributed by atoms with Crippen LogP contribution >= 0.6 is 0 Å². The molecule has 0 aliphatic rings. The zero-order valence-corrected chi connectivity index (χ0v) is 56.2. The van der Waals surface area contributed by atoms with E-state index >= 15 is 0 Å². The number of ether oxygens (including phenoxy) is 1. The number of unbranched alkanes of at least 4 members (excludes halogenated alkanes) is 56. The van der Waals surface area contributed by atoms with Crippen LogP contribution in [0, 0.1) is 0 Å². The summed E-state index contributed by atoms with van der Waals surface area (Å²) in [6, 6.07) is -0.628. The molecule has 0 aromatic heterocycles. The number of carbonyl (C=O) groups is 2. The Kier molecular flexibility index (Phi) is 70.9. The first kappa shape index (κ1) is 81.1. The number of amides is 1. The van der Waals surface area contributed by atoms with Crippen molar-refractivity contribution in [3.05, 3.63) is 36.5 Å². The maximum atomic E-state index is 12.5. The van der Waals surface area contributed by atoms with Gasteiger partial charge in [-0.1, -0.05) is 359 Å². The summed E-state index contributed by atoms with van der Waals surface area (Å²) in [4.78, 5) is 24.6. The van der Waals surface area contributed by atoms with E-state index in [0.29, 0.717) is 19.4 Å². The summed E-state index contributed by atoms with van der Waals surface area (Å²) in [7, 11) is 0. The molecule has 0 saturated heterocycles. The molecule has 0 radical (unpaired) electrons. The fourth-order valence-corrected chi connectivity index (χ4v) is 11.9. The highest BCUT2D eigenvalue weighted by molar-refractivity contribution is 5.76. The molecule has 6 heteroatoms. The van der Waals surface area contributed by atoms with Crippen LogP contribution in [0.25, 0.3) is 0 Å². The van der Waals surface area contributed by atoms with Gasteiger partial charge in [-0.3, -0.25) is 9.59 Å². The molecule has 0 fully saturated rings. The van der Waals surface area contributed by atoms with E-state index in [1.54, 1.807) is 6.08 Å². The molecule has 6 nitrogen and oxygen atoms in total. The lowest BCUT2D eigenvalue weighted by atomic mass is 10.0. The molecule has 0 aliphatic heterocycles. The van der Waals surface area contributed by atoms with Crippen molar-refractivity contribution in [2.75, 3.05) is 13.2 Å². The molecule has 2 atom stereocenters. The van der Waals surface area contributed by atoms with E-state index in [0.717, 1.165) is 38.5 Å². The van der Waals surface area contributed by atoms with E-state index in [4.69, 9.17) is 4.74 Å². The van der Waals surface area contributed by atoms with Crippen LogP contribution < -0.4 is 5.32 Å². The van der Waals surface area contributed by atoms with Crippen LogP contribution in [-0.2, 0) is 14.3 Å². The van der Waals surface area contributed by atoms with Crippen LogP contribution in [-0.4, -0.2) is 47.4 Å². The lowest BCUT2D eigenvalue weighted by molar-refractivity contribution is -0.143. The first-order chi connectivity index (χ1) is 41.0. The van der Waals surface area contributed by atoms with Crippen molar-refractivity contribution in [1.82, 2.24) is 5.32 Å². The molecule has 83 heavy (non-hydrogen) atoms. The number of esters is 1. The van der Waals surface area contributed by atoms with E-state index in [1.807, 2.05) is 6.08 Å². The molecule has 0 bridgehead atoms. The Bertz CT molecular complexity index is 1340. The molecule has 3 N–H and O–H groups in total. The summed E-state index contributed by atoms with van der Waals surface area (Å²) in [5.41, 5.74) is 0. The zero-order valence-electron chi connectivity index (χ0n) is 56.2. The smallest absolute Gasteiger partial charge is 0.305 e. The monoisotopic (exact) mass is 1170 g/mol. The summed E-state index contributed by atoms with van der Waals surface area (Å²) in [6.45, 7) is 4.94. The van der Waals surface area contributed by atoms with Crippen LogP contribution in [0.15, 0.2) is 36.5 Å². The highest BCUT2D eigenvalue weighted by atomic mass is 16.5. The summed E-state index contributed by atoms with van der Waals surface area (Å²) in [6.07, 6.45) is 93.9. The van der Waals surface area contributed by atoms with Crippen LogP contribution in [0.2, 0.25) is 0 Å². The van der Waals surface area contributed by atoms with Gasteiger partial charge in [0.1, 0.15) is 0 Å². The predicted molar refractivity (Wildman–Crippen MR) is 366 cm³/mol. The second kappa shape index (κ2) is 72.6. The van der Waals surface area contributed by atoms with Crippen LogP contribution in [0.4, 0.5) is 0 Å². The Morgan fingerprint density at radius 2 is 0.566 bits per heavy atom. The highest BCUT2D eigenvalue weighted by Gasteiger charge is 2.18. The van der Waals surface area contributed by atoms with Gasteiger partial charge in [0.15, 0.2) is 0 Å². The van der Waals surface area contributed by atoms with E-state index in [-0.39, 0.29) is 18.5 Å². The fourth-order valence-electron chi connectivity index (χ4n) is 11.9. The molecular formula is C77H147NO5. The number of aliphatic hydroxyl groups excluding tert-OH is 2. The average molecular weight is 1170 g/mol. The quantitative estimate of drug-likeness (QED) is 0.0320. The molecule has 0 saturated carbocycles. The maximum Gasteiger partial charge on any atom is 0.305 e. The van der Waals surface area contributed by atoms with Gasteiger partial charge < -0.3 is 20.3 Å². The van der Waals surface area contributed by atoms with Gasteiger partial charge in [0.2, 0.25) is 5.91 Å². The van der Waals surface area contributed by atoms with Crippen molar-refractivity contribution in [3.63, 3.8) is 0 Å². The number of aliphatic hydroxyl groups is 2. The maximum absolute atomic E-state index is 12.5. The number of nitrogens with one attached hydrogen (secondary N) is 1. The molecule has 2 unspecified atom stereocenters. The average Bonchev–Trinajstić information content (AvgIpc) is 3.49. The SMILES string of the molecule is CCCCCCCC/C=C\CCCCCCCCCCCC(=O)OCCCCCCCCCCCCCC/C=C\CCCCCCCCCCCCCCCC(=O)NC(CO)C(O)/C=C/CCCCCCCCCCCCCCCCCC. The van der Waals surface area contributed by atoms with Gasteiger partial charge in [-0.05, 0) is 83.5 Å². The summed E-state index contributed by atoms with van der Waals surface area (Å²) in [5.74, 6) is -0.0474. The fraction of sp³-hybridized carbons (Fsp3) is 0.896. The Morgan fingerprint density at radius 3 is 0.855 bits per heavy atom. The molecule has 0 heterocycles. The molecule has 490 valence electrons. The van der Waals surface area contributed by atoms with Crippen molar-refractivity contribution >= 4 is 11.9 Å². The normalized spacial score (nSPS) is 12.7. The van der Waals surface area contributed by atoms with Gasteiger partial charge in [-0.25, -0.2) is 0 Å². The topological polar surface area (TPSA) is 95.9 Å². The Hall–Kier alpha value is -1.92. The highest BCUT2D eigenvalue weighted by Crippen LogP contribution is 2.19. The predicted octanol–water partition coefficient (Wildman–Crippen LogP) is 24.7. The zero-order chi connectivity index (χ0) is 59.9. The van der Waals surface area contributed by atoms with Crippen LogP contribution in [0.5, 0.6) is 0 Å². The van der Waals surface area contributed by atoms with E-state index < -0.39 is 12.1 Å². The standard InChI is InChI=1S/C77H147NO5/c1-3-5-7-9-11-13-15-17-19-21-34-39-43-47-51-55-59-63-67-71-77(82)83-72-68-64-60-56-52-48-44-40-36-33-31-29-27-25-23-24-26-28-30-32-35-38-42-46-50-54-58-62-66-70-76(81)78-74(73-79)75(80)69-65-61-57-53-49-45-41-37-22-20-18-16-14-12-10-8-6-4-2/h17,19,23,25,65,69,74-75,79-80H,3-16,18,20-22,24,26-64,66-68,70-73H2,1-2H3,(H,78,81)/b19-17-,25-23-,69-65+. The lowest BCUT2D eigenvalue weighted by Gasteiger charge is -2.20. The third-order valence-corrected chi connectivity index (χ3v) is 17.6. The Labute approximate surface area is 519 Å². The minimum atomic E-state index is -0.845. The van der Waals surface area contributed by atoms with Gasteiger partial charge in [-0.15, -0.1) is 0 Å². The van der Waals surface area contributed by atoms with Gasteiger partial charge >= 0.3 is 5.97 Å². The van der Waals surface area contributed by atoms with Crippen molar-refractivity contribution in [2.24, 2.45) is 0 Å². The van der Waals surface area contributed by atoms with Gasteiger partial charge in [0, 0.05) is 12.8 Å². The summed E-state index contributed by atoms with van der Waals surface area (Å²) >= 11 is 0. The van der Waals surface area contributed by atoms with Crippen molar-refractivity contribution in [2.45, 2.75) is 431 Å². The van der Waals surface area contributed by atoms with Crippen molar-refractivity contribution in [1.29, 1.82) is 0 Å². The van der Waals surface area contributed by atoms with Crippen LogP contribution in [0.3, 0.4) is 0 Å². The largest absolute Gasteiger partial charge is 0.466 e. The third-order valence-electron chi connectivity index (χ3n) is 17.6. The number of hydrogen-bond acceptors (Lipinski definition) is 5. The Morgan fingerprint density at radius 1 is 0.325 bits per heavy atom. The molecular weight excluding hydrogens is 1020 g/mol. The van der Waals surface area contributed by atoms with Gasteiger partial charge in [-0.2, -0.15) is 0 Å². The first-order valence-electron chi connectivity index (χ1n) is 37.8. The minimum absolute atomic E-state index is 0.0164. The second-order valence-electron chi connectivity index (χ2n) is 26.0. The number of carbonyl (C=O) groups excluding carboxylic acids is 2. The molecule has 0 rings (SSSR count). The van der Waals surface area contributed by atoms with E-state index in [9.17, 15) is 19.8 Å². The number of allylic oxidation sites excluding steroid dienone is 5. The molecule has 0 aromatic rings. The van der Waals surface area contributed by atoms with Crippen molar-refractivity contribution in [3.8, 4) is 0 Å². The first-order valence-corrected chi connectivity index (χ1v) is 37.8. The van der Waals surface area contributed by atoms with E-state index in [1.165, 1.54) is 353 Å². The number of rotatable bonds is 71. The summed E-state index contributed by atoms with van der Waals surface area (Å²) < 4.78 is 5.51. The molecule has 0 spiro atoms. The number of hydrogen-bond donors (Lipinski definition) is 3. The second-order valence-corrected chi connectivity index (χ2v) is 26.0. The minimum Gasteiger partial charge on any atom is -0.466 e. The van der Waals surface area contributed by atoms with Crippen molar-refractivity contribution < 1.29 is 24.5 Å². The van der Waals surface area contributed by atoms with Crippen LogP contribution in [0.1, 0.15) is 418 Å². The lowest BCUT2D eigenvalue weighted by Crippen LogP contribution is -2.45. The molecule has 1 amide bonds. The third kappa shape index (κ3) is 69.1. The van der Waals surface area contributed by atoms with E-state index in [2.05, 4.69) is 43.5 Å². The van der Waals surface area contributed by atoms with Gasteiger partial charge in [0.25, 0.3) is 0 Å².